The first-order valence-electron chi connectivity index (χ1n) is 52.0. The molecular formula is C112H161F4N13O21. The van der Waals surface area contributed by atoms with Crippen LogP contribution in [0.2, 0.25) is 0 Å². The number of ether oxygens (including phenoxy) is 9. The number of ketones is 1. The van der Waals surface area contributed by atoms with Crippen LogP contribution in [0.3, 0.4) is 0 Å². The van der Waals surface area contributed by atoms with E-state index in [0.717, 1.165) is 97.2 Å². The van der Waals surface area contributed by atoms with Crippen molar-refractivity contribution in [2.24, 2.45) is 35.0 Å². The number of likely N-dealkylation sites (tertiary alicyclic amines) is 4. The van der Waals surface area contributed by atoms with Gasteiger partial charge in [0.25, 0.3) is 0 Å². The maximum Gasteiger partial charge on any atom is 0.410 e. The summed E-state index contributed by atoms with van der Waals surface area (Å²) in [5.74, 6) is -5.63. The molecule has 8 amide bonds. The Kier molecular flexibility index (Phi) is 43.1. The van der Waals surface area contributed by atoms with Crippen LogP contribution in [0, 0.1) is 41.0 Å². The van der Waals surface area contributed by atoms with Crippen LogP contribution in [0.1, 0.15) is 254 Å². The third-order valence-electron chi connectivity index (χ3n) is 29.4. The van der Waals surface area contributed by atoms with Crippen LogP contribution in [0.15, 0.2) is 72.8 Å². The Morgan fingerprint density at radius 2 is 0.887 bits per heavy atom. The Morgan fingerprint density at radius 3 is 1.27 bits per heavy atom. The highest BCUT2D eigenvalue weighted by atomic mass is 19.1. The molecule has 0 saturated carbocycles. The first-order chi connectivity index (χ1) is 70.3. The number of aromatic amines is 2. The molecule has 4 saturated heterocycles. The number of esters is 3. The van der Waals surface area contributed by atoms with E-state index in [1.807, 2.05) is 30.6 Å². The second-order valence-electron chi connectivity index (χ2n) is 43.5. The molecule has 4 fully saturated rings. The van der Waals surface area contributed by atoms with E-state index in [0.29, 0.717) is 92.8 Å². The number of likely N-dealkylation sites (N-methyl/N-ethyl adjacent to an activating group) is 3. The zero-order valence-electron chi connectivity index (χ0n) is 92.5. The highest BCUT2D eigenvalue weighted by Gasteiger charge is 2.49. The average Bonchev–Trinajstić information content (AvgIpc) is 1.59. The second-order valence-corrected chi connectivity index (χ2v) is 43.5. The number of nitrogens with two attached hydrogens (primary N) is 3. The number of rotatable bonds is 37. The van der Waals surface area contributed by atoms with Gasteiger partial charge < -0.3 is 105 Å². The number of allylic oxidation sites excluding steroid dienone is 2. The molecule has 12 rings (SSSR count). The van der Waals surface area contributed by atoms with Gasteiger partial charge in [-0.2, -0.15) is 0 Å². The second kappa shape index (κ2) is 53.1. The molecule has 6 aliphatic rings. The number of methoxy groups -OCH3 is 4. The summed E-state index contributed by atoms with van der Waals surface area (Å²) < 4.78 is 109. The fraction of sp³-hybridized carbons (Fsp3) is 0.607. The SMILES string of the molecule is CC(=O)OC(C)(C)C.CNC(C)C(N)=O.COC[C@H](N)C(=O)N1CC[C@H](OC(C)=O)[C@H]1CC1=C(c2[nH]c3cc(F)ccc3c2CCC[C@@H]2[C@@H](C)CCN2C(=O)[C@@H](N)[C@@H](C)OC)Cc2cc(F)ccc21.CO[C@H](C)[C@H](CC(=O)[C@H](C)N(C)C(=O)OC(C)(C)C)C(=O)N1CC[C@H](C)[C@H]1CCCc1c(C2=C(C[C@@H]3[C@@H](OC(C)=O)CCN3C(=O)[C@@H](NC(=O)[C@H](C)N(C)C(=O)OC(C)(C)C)[C@@H](C)OC)c3ccc(F)cc3C2)[nH]c2cc(F)ccc12. The Labute approximate surface area is 879 Å². The van der Waals surface area contributed by atoms with Gasteiger partial charge in [0.15, 0.2) is 5.78 Å². The molecule has 4 aromatic carbocycles. The van der Waals surface area contributed by atoms with Gasteiger partial charge in [-0.1, -0.05) is 26.0 Å². The summed E-state index contributed by atoms with van der Waals surface area (Å²) in [4.78, 5) is 172. The number of primary amides is 1. The Bertz CT molecular complexity index is 5860. The maximum atomic E-state index is 15.2. The van der Waals surface area contributed by atoms with E-state index < -0.39 is 138 Å². The predicted octanol–water partition coefficient (Wildman–Crippen LogP) is 14.2. The average molecular weight is 2100 g/mol. The van der Waals surface area contributed by atoms with Gasteiger partial charge in [0, 0.05) is 167 Å². The smallest absolute Gasteiger partial charge is 0.410 e. The predicted molar refractivity (Wildman–Crippen MR) is 564 cm³/mol. The van der Waals surface area contributed by atoms with Gasteiger partial charge in [-0.05, 0) is 303 Å². The first-order valence-corrected chi connectivity index (χ1v) is 52.0. The molecular weight excluding hydrogens is 1940 g/mol. The number of nitrogens with zero attached hydrogens (tertiary/aromatic N) is 6. The lowest BCUT2D eigenvalue weighted by Crippen LogP contribution is -2.59. The van der Waals surface area contributed by atoms with Crippen molar-refractivity contribution in [1.29, 1.82) is 0 Å². The summed E-state index contributed by atoms with van der Waals surface area (Å²) in [5.41, 5.74) is 26.4. The number of benzene rings is 4. The molecule has 6 aromatic rings. The molecule has 6 heterocycles. The molecule has 0 spiro atoms. The number of fused-ring (bicyclic) bond motifs is 4. The molecule has 4 aliphatic heterocycles. The number of carbonyl (C=O) groups is 12. The quantitative estimate of drug-likeness (QED) is 0.0108. The number of amides is 8. The van der Waals surface area contributed by atoms with E-state index in [2.05, 4.69) is 34.4 Å². The fourth-order valence-electron chi connectivity index (χ4n) is 20.7. The van der Waals surface area contributed by atoms with Crippen LogP contribution in [0.25, 0.3) is 44.1 Å². The molecule has 150 heavy (non-hydrogen) atoms. The minimum absolute atomic E-state index is 0.0146. The largest absolute Gasteiger partial charge is 0.460 e. The standard InChI is InChI=1S/C61H86F2N6O12.C41H53F2N5O6.C6H12O2.C4H10N2O/c1-33-24-26-68(56(73)45(36(4)77-15)32-51(71)34(2)66(13)58(75)80-60(7,8)9)49(33)19-17-18-44-43-23-21-41(63)30-48(43)64-54(44)47-29-39-28-40(62)20-22-42(39)46(47)31-50-52(79-38(6)70)25-27-69(50)57(74)53(37(5)78-16)65-55(72)35(3)67(14)59(76)81-61(10,11)12;1-22-13-15-47(41(51)38(45)23(2)53-5)35(22)8-6-7-30-29-12-10-27(43)19-34(29)46-39(30)32-18-25-17-26(42)9-11-28(25)31(32)20-36-37(54-24(3)49)14-16-48(36)40(50)33(44)21-52-4;1-5(7)8-6(2,3)4;1-3(6-2)4(5)7/h20-23,28,30,33-37,45,49-50,52-53,64H,17-19,24-27,29,31-32H2,1-16H3,(H,65,72);9-12,17,19,22-23,33,35-38,46H,6-8,13-16,18,20-21,44-45H2,1-5H3;1-4H3;3,6H,1-2H3,(H2,5,7)/t33-,34-,35-,36+,37+,45-,49+,50+,52-,53-;22-,23+,33-,35+,36+,37-,38-;;/m00../s1. The summed E-state index contributed by atoms with van der Waals surface area (Å²) in [6.07, 6.45) is 2.54. The van der Waals surface area contributed by atoms with Gasteiger partial charge >= 0.3 is 30.1 Å². The van der Waals surface area contributed by atoms with Crippen molar-refractivity contribution >= 4 is 115 Å². The molecule has 0 bridgehead atoms. The van der Waals surface area contributed by atoms with Crippen molar-refractivity contribution in [1.82, 2.24) is 50.0 Å². The number of aromatic nitrogens is 2. The van der Waals surface area contributed by atoms with Crippen LogP contribution in [0.4, 0.5) is 27.2 Å². The van der Waals surface area contributed by atoms with Gasteiger partial charge in [0.2, 0.25) is 35.4 Å². The number of halogens is 4. The van der Waals surface area contributed by atoms with Gasteiger partial charge in [0.05, 0.1) is 55.0 Å². The minimum atomic E-state index is -1.24. The fourth-order valence-corrected chi connectivity index (χ4v) is 20.7. The third-order valence-corrected chi connectivity index (χ3v) is 29.4. The number of Topliss-reactive ketones (excluding diaryl/α,β-unsaturated/α-hetero) is 1. The lowest BCUT2D eigenvalue weighted by atomic mass is 9.90. The zero-order valence-corrected chi connectivity index (χ0v) is 92.5. The lowest BCUT2D eigenvalue weighted by Gasteiger charge is -2.34. The zero-order chi connectivity index (χ0) is 112. The van der Waals surface area contributed by atoms with E-state index in [4.69, 9.17) is 59.8 Å². The summed E-state index contributed by atoms with van der Waals surface area (Å²) in [5, 5.41) is 7.17. The Hall–Kier alpha value is -11.7. The summed E-state index contributed by atoms with van der Waals surface area (Å²) in [6.45, 7) is 35.9. The van der Waals surface area contributed by atoms with Crippen molar-refractivity contribution < 1.29 is 118 Å². The first kappa shape index (κ1) is 122. The van der Waals surface area contributed by atoms with Crippen molar-refractivity contribution in [3.63, 3.8) is 0 Å². The van der Waals surface area contributed by atoms with E-state index in [1.165, 1.54) is 117 Å². The van der Waals surface area contributed by atoms with E-state index in [1.54, 1.807) is 124 Å². The Balaban J connectivity index is 0.000000308. The summed E-state index contributed by atoms with van der Waals surface area (Å²) in [7, 11) is 10.6. The van der Waals surface area contributed by atoms with Crippen LogP contribution < -0.4 is 27.8 Å². The molecule has 828 valence electrons. The number of hydrogen-bond acceptors (Lipinski definition) is 24. The lowest BCUT2D eigenvalue weighted by molar-refractivity contribution is -0.152. The molecule has 10 N–H and O–H groups in total. The molecule has 18 atom stereocenters. The van der Waals surface area contributed by atoms with Gasteiger partial charge in [0.1, 0.15) is 76.4 Å². The molecule has 2 aliphatic carbocycles. The van der Waals surface area contributed by atoms with Crippen molar-refractivity contribution in [3.8, 4) is 0 Å². The summed E-state index contributed by atoms with van der Waals surface area (Å²) >= 11 is 0. The molecule has 34 nitrogen and oxygen atoms in total. The maximum absolute atomic E-state index is 15.2. The van der Waals surface area contributed by atoms with Crippen molar-refractivity contribution in [2.75, 3.05) is 82.4 Å². The van der Waals surface area contributed by atoms with Gasteiger partial charge in [-0.25, -0.2) is 27.2 Å². The highest BCUT2D eigenvalue weighted by Crippen LogP contribution is 2.49. The van der Waals surface area contributed by atoms with E-state index in [-0.39, 0.29) is 115 Å². The number of aryl methyl sites for hydroxylation is 2. The number of H-pyrrole nitrogens is 2. The van der Waals surface area contributed by atoms with Crippen LogP contribution >= 0.6 is 0 Å². The van der Waals surface area contributed by atoms with Crippen molar-refractivity contribution in [3.05, 3.63) is 141 Å². The third kappa shape index (κ3) is 31.3. The molecule has 1 unspecified atom stereocenters. The minimum Gasteiger partial charge on any atom is -0.460 e. The molecule has 38 heteroatoms. The number of carbonyl (C=O) groups excluding carboxylic acids is 12. The van der Waals surface area contributed by atoms with Crippen LogP contribution in [-0.2, 0) is 116 Å². The Morgan fingerprint density at radius 1 is 0.493 bits per heavy atom. The molecule has 2 aromatic heterocycles. The van der Waals surface area contributed by atoms with E-state index in [9.17, 15) is 61.5 Å². The summed E-state index contributed by atoms with van der Waals surface area (Å²) in [6, 6.07) is 12.1. The van der Waals surface area contributed by atoms with Gasteiger partial charge in [-0.3, -0.25) is 52.8 Å². The van der Waals surface area contributed by atoms with Crippen LogP contribution in [0.5, 0.6) is 0 Å². The highest BCUT2D eigenvalue weighted by molar-refractivity contribution is 6.03. The van der Waals surface area contributed by atoms with Gasteiger partial charge in [-0.15, -0.1) is 0 Å². The van der Waals surface area contributed by atoms with E-state index >= 15 is 13.6 Å². The molecule has 0 radical (unpaired) electrons. The number of hydrogen-bond donors (Lipinski definition) is 7. The number of nitrogens with one attached hydrogen (secondary N) is 4. The van der Waals surface area contributed by atoms with Crippen molar-refractivity contribution in [2.45, 2.75) is 343 Å². The normalized spacial score (nSPS) is 20.5. The monoisotopic (exact) mass is 2100 g/mol. The topological polar surface area (TPSA) is 441 Å². The van der Waals surface area contributed by atoms with Crippen LogP contribution in [-0.4, -0.2) is 301 Å².